The Kier molecular flexibility index (Phi) is 9.27. The first-order chi connectivity index (χ1) is 13.2. The molecule has 2 rings (SSSR count). The van der Waals surface area contributed by atoms with Gasteiger partial charge in [0.25, 0.3) is 0 Å². The Morgan fingerprint density at radius 1 is 1.19 bits per heavy atom. The number of thioether (sulfide) groups is 1. The lowest BCUT2D eigenvalue weighted by molar-refractivity contribution is -0.118. The summed E-state index contributed by atoms with van der Waals surface area (Å²) in [5.41, 5.74) is 3.32. The van der Waals surface area contributed by atoms with Gasteiger partial charge in [0.05, 0.1) is 25.7 Å². The van der Waals surface area contributed by atoms with E-state index in [-0.39, 0.29) is 5.91 Å². The molecule has 1 amide bonds. The summed E-state index contributed by atoms with van der Waals surface area (Å²) in [7, 11) is 1.61. The third-order valence-corrected chi connectivity index (χ3v) is 4.74. The summed E-state index contributed by atoms with van der Waals surface area (Å²) in [6.45, 7) is 2.81. The zero-order valence-corrected chi connectivity index (χ0v) is 16.6. The minimum absolute atomic E-state index is 0.159. The Hall–Kier alpha value is -2.47. The van der Waals surface area contributed by atoms with E-state index in [9.17, 15) is 4.79 Å². The molecule has 5 nitrogen and oxygen atoms in total. The van der Waals surface area contributed by atoms with Crippen LogP contribution in [0.3, 0.4) is 0 Å². The second-order valence-corrected chi connectivity index (χ2v) is 6.90. The maximum absolute atomic E-state index is 12.0. The molecule has 0 saturated heterocycles. The van der Waals surface area contributed by atoms with Gasteiger partial charge in [-0.05, 0) is 36.8 Å². The highest BCUT2D eigenvalue weighted by atomic mass is 32.2. The number of hydrogen-bond donors (Lipinski definition) is 1. The number of hydrogen-bond acceptors (Lipinski definition) is 5. The van der Waals surface area contributed by atoms with Crippen molar-refractivity contribution in [2.75, 3.05) is 19.5 Å². The number of carbonyl (C=O) groups is 1. The van der Waals surface area contributed by atoms with E-state index in [0.29, 0.717) is 18.1 Å². The predicted octanol–water partition coefficient (Wildman–Crippen LogP) is 4.51. The van der Waals surface area contributed by atoms with Gasteiger partial charge in [-0.25, -0.2) is 5.43 Å². The Labute approximate surface area is 165 Å². The van der Waals surface area contributed by atoms with Crippen LogP contribution in [0, 0.1) is 0 Å². The van der Waals surface area contributed by atoms with Gasteiger partial charge in [0.2, 0.25) is 5.91 Å². The molecular weight excluding hydrogens is 360 g/mol. The van der Waals surface area contributed by atoms with Crippen molar-refractivity contribution in [3.8, 4) is 11.5 Å². The Morgan fingerprint density at radius 2 is 2.00 bits per heavy atom. The number of nitrogens with zero attached hydrogens (tertiary/aromatic N) is 1. The molecule has 0 aromatic heterocycles. The molecule has 0 aliphatic heterocycles. The smallest absolute Gasteiger partial charge is 0.250 e. The van der Waals surface area contributed by atoms with Crippen LogP contribution < -0.4 is 14.9 Å². The van der Waals surface area contributed by atoms with Gasteiger partial charge in [-0.15, -0.1) is 11.8 Å². The highest BCUT2D eigenvalue weighted by molar-refractivity contribution is 8.00. The number of benzene rings is 2. The summed E-state index contributed by atoms with van der Waals surface area (Å²) >= 11 is 1.47. The van der Waals surface area contributed by atoms with E-state index in [1.807, 2.05) is 48.5 Å². The maximum atomic E-state index is 12.0. The zero-order valence-electron chi connectivity index (χ0n) is 15.8. The number of ether oxygens (including phenoxy) is 2. The molecule has 144 valence electrons. The van der Waals surface area contributed by atoms with E-state index in [4.69, 9.17) is 9.47 Å². The molecule has 0 heterocycles. The lowest BCUT2D eigenvalue weighted by Gasteiger charge is -2.10. The van der Waals surface area contributed by atoms with Crippen molar-refractivity contribution in [1.82, 2.24) is 5.43 Å². The molecule has 27 heavy (non-hydrogen) atoms. The molecule has 2 aromatic carbocycles. The highest BCUT2D eigenvalue weighted by Gasteiger charge is 2.05. The van der Waals surface area contributed by atoms with Crippen molar-refractivity contribution in [3.63, 3.8) is 0 Å². The van der Waals surface area contributed by atoms with Crippen molar-refractivity contribution in [3.05, 3.63) is 54.1 Å². The van der Waals surface area contributed by atoms with Crippen LogP contribution in [-0.4, -0.2) is 31.6 Å². The molecular formula is C21H26N2O3S. The van der Waals surface area contributed by atoms with E-state index in [1.165, 1.54) is 11.8 Å². The Morgan fingerprint density at radius 3 is 2.74 bits per heavy atom. The Bertz CT molecular complexity index is 735. The molecule has 6 heteroatoms. The summed E-state index contributed by atoms with van der Waals surface area (Å²) in [6.07, 6.45) is 4.87. The standard InChI is InChI=1S/C21H26N2O3S/c1-3-4-8-13-26-20-12-11-18(25-2)14-17(20)15-22-23-21(24)16-27-19-9-6-5-7-10-19/h5-7,9-12,14-15H,3-4,8,13,16H2,1-2H3,(H,23,24). The molecule has 0 saturated carbocycles. The van der Waals surface area contributed by atoms with Crippen LogP contribution in [0.25, 0.3) is 0 Å². The topological polar surface area (TPSA) is 59.9 Å². The maximum Gasteiger partial charge on any atom is 0.250 e. The van der Waals surface area contributed by atoms with Gasteiger partial charge in [0.15, 0.2) is 0 Å². The third kappa shape index (κ3) is 7.74. The van der Waals surface area contributed by atoms with Gasteiger partial charge in [-0.2, -0.15) is 5.10 Å². The molecule has 0 atom stereocenters. The van der Waals surface area contributed by atoms with Crippen LogP contribution in [0.4, 0.5) is 0 Å². The summed E-state index contributed by atoms with van der Waals surface area (Å²) < 4.78 is 11.1. The number of carbonyl (C=O) groups excluding carboxylic acids is 1. The second kappa shape index (κ2) is 12.0. The minimum atomic E-state index is -0.159. The molecule has 0 unspecified atom stereocenters. The van der Waals surface area contributed by atoms with Gasteiger partial charge >= 0.3 is 0 Å². The molecule has 0 aliphatic rings. The van der Waals surface area contributed by atoms with Crippen LogP contribution >= 0.6 is 11.8 Å². The summed E-state index contributed by atoms with van der Waals surface area (Å²) in [5.74, 6) is 1.58. The average Bonchev–Trinajstić information content (AvgIpc) is 2.71. The fourth-order valence-corrected chi connectivity index (χ4v) is 3.00. The first-order valence-electron chi connectivity index (χ1n) is 9.03. The minimum Gasteiger partial charge on any atom is -0.497 e. The number of rotatable bonds is 11. The van der Waals surface area contributed by atoms with Gasteiger partial charge in [0.1, 0.15) is 11.5 Å². The molecule has 0 fully saturated rings. The van der Waals surface area contributed by atoms with Crippen molar-refractivity contribution < 1.29 is 14.3 Å². The largest absolute Gasteiger partial charge is 0.497 e. The quantitative estimate of drug-likeness (QED) is 0.267. The van der Waals surface area contributed by atoms with E-state index < -0.39 is 0 Å². The van der Waals surface area contributed by atoms with Crippen LogP contribution in [0.2, 0.25) is 0 Å². The van der Waals surface area contributed by atoms with Gasteiger partial charge in [-0.3, -0.25) is 4.79 Å². The Balaban J connectivity index is 1.90. The lowest BCUT2D eigenvalue weighted by Crippen LogP contribution is -2.19. The molecule has 0 bridgehead atoms. The van der Waals surface area contributed by atoms with Crippen molar-refractivity contribution in [2.45, 2.75) is 31.1 Å². The van der Waals surface area contributed by atoms with Crippen molar-refractivity contribution in [2.24, 2.45) is 5.10 Å². The number of nitrogens with one attached hydrogen (secondary N) is 1. The lowest BCUT2D eigenvalue weighted by atomic mass is 10.2. The SMILES string of the molecule is CCCCCOc1ccc(OC)cc1C=NNC(=O)CSc1ccccc1. The van der Waals surface area contributed by atoms with Crippen LogP contribution in [-0.2, 0) is 4.79 Å². The molecule has 0 aliphatic carbocycles. The van der Waals surface area contributed by atoms with Gasteiger partial charge in [-0.1, -0.05) is 38.0 Å². The first kappa shape index (κ1) is 20.8. The molecule has 0 radical (unpaired) electrons. The van der Waals surface area contributed by atoms with E-state index in [0.717, 1.165) is 35.5 Å². The highest BCUT2D eigenvalue weighted by Crippen LogP contribution is 2.23. The normalized spacial score (nSPS) is 10.7. The number of unbranched alkanes of at least 4 members (excludes halogenated alkanes) is 2. The summed E-state index contributed by atoms with van der Waals surface area (Å²) in [6, 6.07) is 15.3. The van der Waals surface area contributed by atoms with Crippen LogP contribution in [0.1, 0.15) is 31.7 Å². The van der Waals surface area contributed by atoms with Crippen molar-refractivity contribution >= 4 is 23.9 Å². The van der Waals surface area contributed by atoms with E-state index in [1.54, 1.807) is 13.3 Å². The third-order valence-electron chi connectivity index (χ3n) is 3.73. The summed E-state index contributed by atoms with van der Waals surface area (Å²) in [4.78, 5) is 13.0. The van der Waals surface area contributed by atoms with Crippen LogP contribution in [0.15, 0.2) is 58.5 Å². The first-order valence-corrected chi connectivity index (χ1v) is 10.0. The fourth-order valence-electron chi connectivity index (χ4n) is 2.29. The van der Waals surface area contributed by atoms with Crippen LogP contribution in [0.5, 0.6) is 11.5 Å². The number of methoxy groups -OCH3 is 1. The number of hydrazone groups is 1. The predicted molar refractivity (Wildman–Crippen MR) is 111 cm³/mol. The monoisotopic (exact) mass is 386 g/mol. The zero-order chi connectivity index (χ0) is 19.3. The second-order valence-electron chi connectivity index (χ2n) is 5.85. The molecule has 1 N–H and O–H groups in total. The van der Waals surface area contributed by atoms with E-state index >= 15 is 0 Å². The molecule has 0 spiro atoms. The van der Waals surface area contributed by atoms with Crippen molar-refractivity contribution in [1.29, 1.82) is 0 Å². The average molecular weight is 387 g/mol. The molecule has 2 aromatic rings. The van der Waals surface area contributed by atoms with E-state index in [2.05, 4.69) is 17.5 Å². The fraction of sp³-hybridized carbons (Fsp3) is 0.333. The van der Waals surface area contributed by atoms with Gasteiger partial charge in [0, 0.05) is 10.5 Å². The number of amides is 1. The van der Waals surface area contributed by atoms with Gasteiger partial charge < -0.3 is 9.47 Å². The summed E-state index contributed by atoms with van der Waals surface area (Å²) in [5, 5.41) is 4.06.